The minimum atomic E-state index is -4.22. The lowest BCUT2D eigenvalue weighted by Crippen LogP contribution is -2.25. The van der Waals surface area contributed by atoms with Crippen LogP contribution < -0.4 is 0 Å². The molecule has 0 aliphatic carbocycles. The lowest BCUT2D eigenvalue weighted by atomic mass is 9.95. The highest BCUT2D eigenvalue weighted by Gasteiger charge is 2.39. The van der Waals surface area contributed by atoms with Crippen molar-refractivity contribution >= 4 is 5.78 Å². The van der Waals surface area contributed by atoms with Crippen LogP contribution in [0, 0.1) is 5.92 Å². The Balaban J connectivity index is 4.18. The first-order chi connectivity index (χ1) is 6.41. The molecule has 0 saturated carbocycles. The number of unbranched alkanes of at least 4 members (excludes halogenated alkanes) is 1. The molecule has 0 spiro atoms. The molecule has 0 heterocycles. The number of carbonyl (C=O) groups is 1. The normalized spacial score (nSPS) is 14.1. The van der Waals surface area contributed by atoms with Gasteiger partial charge in [0.1, 0.15) is 5.78 Å². The maximum absolute atomic E-state index is 12.4. The van der Waals surface area contributed by atoms with Gasteiger partial charge >= 0.3 is 6.18 Å². The summed E-state index contributed by atoms with van der Waals surface area (Å²) in [6.07, 6.45) is -3.04. The molecule has 14 heavy (non-hydrogen) atoms. The third kappa shape index (κ3) is 5.25. The summed E-state index contributed by atoms with van der Waals surface area (Å²) >= 11 is 0. The van der Waals surface area contributed by atoms with Gasteiger partial charge in [-0.05, 0) is 6.42 Å². The molecule has 0 rings (SSSR count). The smallest absolute Gasteiger partial charge is 0.300 e. The predicted molar refractivity (Wildman–Crippen MR) is 49.0 cm³/mol. The number of rotatable bonds is 6. The molecule has 4 heteroatoms. The van der Waals surface area contributed by atoms with Gasteiger partial charge < -0.3 is 0 Å². The largest absolute Gasteiger partial charge is 0.392 e. The number of ketones is 1. The van der Waals surface area contributed by atoms with Gasteiger partial charge in [0.2, 0.25) is 0 Å². The second-order valence-electron chi connectivity index (χ2n) is 3.48. The van der Waals surface area contributed by atoms with E-state index in [9.17, 15) is 18.0 Å². The Bertz CT molecular complexity index is 175. The summed E-state index contributed by atoms with van der Waals surface area (Å²) in [6.45, 7) is 3.44. The maximum Gasteiger partial charge on any atom is 0.392 e. The van der Waals surface area contributed by atoms with Crippen molar-refractivity contribution in [2.24, 2.45) is 5.92 Å². The molecule has 0 aromatic heterocycles. The van der Waals surface area contributed by atoms with Crippen molar-refractivity contribution in [3.05, 3.63) is 0 Å². The summed E-state index contributed by atoms with van der Waals surface area (Å²) in [4.78, 5) is 10.9. The van der Waals surface area contributed by atoms with Gasteiger partial charge in [-0.15, -0.1) is 0 Å². The van der Waals surface area contributed by atoms with Gasteiger partial charge in [-0.25, -0.2) is 0 Å². The van der Waals surface area contributed by atoms with Crippen molar-refractivity contribution in [3.63, 3.8) is 0 Å². The first-order valence-electron chi connectivity index (χ1n) is 5.00. The zero-order chi connectivity index (χ0) is 11.2. The van der Waals surface area contributed by atoms with E-state index >= 15 is 0 Å². The molecule has 84 valence electrons. The van der Waals surface area contributed by atoms with E-state index in [2.05, 4.69) is 0 Å². The predicted octanol–water partition coefficient (Wildman–Crippen LogP) is 3.72. The Morgan fingerprint density at radius 2 is 1.86 bits per heavy atom. The fourth-order valence-corrected chi connectivity index (χ4v) is 1.25. The van der Waals surface area contributed by atoms with E-state index in [4.69, 9.17) is 0 Å². The van der Waals surface area contributed by atoms with Crippen LogP contribution in [-0.4, -0.2) is 12.0 Å². The van der Waals surface area contributed by atoms with Crippen molar-refractivity contribution in [3.8, 4) is 0 Å². The number of alkyl halides is 3. The van der Waals surface area contributed by atoms with Crippen LogP contribution in [0.3, 0.4) is 0 Å². The number of carbonyl (C=O) groups excluding carboxylic acids is 1. The molecule has 0 unspecified atom stereocenters. The molecule has 0 N–H and O–H groups in total. The minimum Gasteiger partial charge on any atom is -0.300 e. The molecule has 0 aliphatic heterocycles. The Morgan fingerprint density at radius 1 is 1.29 bits per heavy atom. The molecular weight excluding hydrogens is 193 g/mol. The molecular formula is C10H17F3O. The third-order valence-electron chi connectivity index (χ3n) is 2.24. The van der Waals surface area contributed by atoms with Gasteiger partial charge in [-0.1, -0.05) is 26.7 Å². The molecule has 0 fully saturated rings. The molecule has 0 saturated heterocycles. The van der Waals surface area contributed by atoms with Crippen molar-refractivity contribution in [1.82, 2.24) is 0 Å². The zero-order valence-electron chi connectivity index (χ0n) is 8.66. The standard InChI is InChI=1S/C10H17F3O/c1-3-5-6-8(10(11,12)13)7-9(14)4-2/h8H,3-7H2,1-2H3/t8-/m0/s1. The van der Waals surface area contributed by atoms with Crippen LogP contribution in [0.2, 0.25) is 0 Å². The molecule has 0 aromatic carbocycles. The third-order valence-corrected chi connectivity index (χ3v) is 2.24. The summed E-state index contributed by atoms with van der Waals surface area (Å²) in [5.41, 5.74) is 0. The number of Topliss-reactive ketones (excluding diaryl/α,β-unsaturated/α-hetero) is 1. The summed E-state index contributed by atoms with van der Waals surface area (Å²) in [5, 5.41) is 0. The average Bonchev–Trinajstić information content (AvgIpc) is 2.09. The Kier molecular flexibility index (Phi) is 5.81. The summed E-state index contributed by atoms with van der Waals surface area (Å²) in [6, 6.07) is 0. The first-order valence-corrected chi connectivity index (χ1v) is 5.00. The summed E-state index contributed by atoms with van der Waals surface area (Å²) in [7, 11) is 0. The average molecular weight is 210 g/mol. The fraction of sp³-hybridized carbons (Fsp3) is 0.900. The summed E-state index contributed by atoms with van der Waals surface area (Å²) in [5.74, 6) is -1.74. The van der Waals surface area contributed by atoms with Crippen LogP contribution in [0.4, 0.5) is 13.2 Å². The topological polar surface area (TPSA) is 17.1 Å². The van der Waals surface area contributed by atoms with Gasteiger partial charge in [0.05, 0.1) is 5.92 Å². The number of hydrogen-bond acceptors (Lipinski definition) is 1. The molecule has 0 aliphatic rings. The van der Waals surface area contributed by atoms with E-state index in [1.54, 1.807) is 6.92 Å². The van der Waals surface area contributed by atoms with E-state index in [0.717, 1.165) is 6.42 Å². The second-order valence-corrected chi connectivity index (χ2v) is 3.48. The van der Waals surface area contributed by atoms with E-state index in [1.165, 1.54) is 0 Å². The van der Waals surface area contributed by atoms with Crippen molar-refractivity contribution in [1.29, 1.82) is 0 Å². The van der Waals surface area contributed by atoms with Crippen LogP contribution in [0.25, 0.3) is 0 Å². The summed E-state index contributed by atoms with van der Waals surface area (Å²) < 4.78 is 37.2. The van der Waals surface area contributed by atoms with Crippen LogP contribution >= 0.6 is 0 Å². The maximum atomic E-state index is 12.4. The second kappa shape index (κ2) is 6.04. The molecule has 1 atom stereocenters. The highest BCUT2D eigenvalue weighted by molar-refractivity contribution is 5.78. The van der Waals surface area contributed by atoms with Crippen molar-refractivity contribution in [2.45, 2.75) is 52.1 Å². The number of hydrogen-bond donors (Lipinski definition) is 0. The molecule has 0 amide bonds. The van der Waals surface area contributed by atoms with Gasteiger partial charge in [-0.2, -0.15) is 13.2 Å². The fourth-order valence-electron chi connectivity index (χ4n) is 1.25. The number of halogens is 3. The SMILES string of the molecule is CCCC[C@@H](CC(=O)CC)C(F)(F)F. The quantitative estimate of drug-likeness (QED) is 0.653. The van der Waals surface area contributed by atoms with Crippen LogP contribution in [-0.2, 0) is 4.79 Å². The highest BCUT2D eigenvalue weighted by Crippen LogP contribution is 2.33. The van der Waals surface area contributed by atoms with Crippen LogP contribution in [0.5, 0.6) is 0 Å². The van der Waals surface area contributed by atoms with Crippen LogP contribution in [0.1, 0.15) is 46.0 Å². The molecule has 0 aromatic rings. The van der Waals surface area contributed by atoms with Crippen LogP contribution in [0.15, 0.2) is 0 Å². The van der Waals surface area contributed by atoms with Gasteiger partial charge in [0.25, 0.3) is 0 Å². The van der Waals surface area contributed by atoms with E-state index in [-0.39, 0.29) is 25.0 Å². The van der Waals surface area contributed by atoms with Gasteiger partial charge in [-0.3, -0.25) is 4.79 Å². The molecule has 0 radical (unpaired) electrons. The minimum absolute atomic E-state index is 0.0751. The van der Waals surface area contributed by atoms with E-state index in [0.29, 0.717) is 6.42 Å². The van der Waals surface area contributed by atoms with Gasteiger partial charge in [0.15, 0.2) is 0 Å². The lowest BCUT2D eigenvalue weighted by Gasteiger charge is -2.18. The monoisotopic (exact) mass is 210 g/mol. The Morgan fingerprint density at radius 3 is 2.21 bits per heavy atom. The van der Waals surface area contributed by atoms with E-state index < -0.39 is 12.1 Å². The van der Waals surface area contributed by atoms with Gasteiger partial charge in [0, 0.05) is 12.8 Å². The Labute approximate surface area is 82.7 Å². The molecule has 1 nitrogen and oxygen atoms in total. The van der Waals surface area contributed by atoms with E-state index in [1.807, 2.05) is 6.92 Å². The lowest BCUT2D eigenvalue weighted by molar-refractivity contribution is -0.180. The first kappa shape index (κ1) is 13.5. The Hall–Kier alpha value is -0.540. The molecule has 0 bridgehead atoms. The van der Waals surface area contributed by atoms with Crippen molar-refractivity contribution < 1.29 is 18.0 Å². The highest BCUT2D eigenvalue weighted by atomic mass is 19.4. The van der Waals surface area contributed by atoms with Crippen molar-refractivity contribution in [2.75, 3.05) is 0 Å². The zero-order valence-corrected chi connectivity index (χ0v) is 8.66.